The van der Waals surface area contributed by atoms with Crippen LogP contribution in [0.5, 0.6) is 5.75 Å². The number of aromatic nitrogens is 2. The van der Waals surface area contributed by atoms with Crippen LogP contribution in [0.1, 0.15) is 47.9 Å². The number of nitrogens with one attached hydrogen (secondary N) is 1. The predicted octanol–water partition coefficient (Wildman–Crippen LogP) is 4.98. The fraction of sp³-hybridized carbons (Fsp3) is 0.357. The van der Waals surface area contributed by atoms with Gasteiger partial charge in [-0.1, -0.05) is 42.5 Å². The number of anilines is 2. The van der Waals surface area contributed by atoms with Gasteiger partial charge in [0.25, 0.3) is 0 Å². The molecule has 3 aromatic rings. The summed E-state index contributed by atoms with van der Waals surface area (Å²) >= 11 is 0. The lowest BCUT2D eigenvalue weighted by molar-refractivity contribution is -0.141. The summed E-state index contributed by atoms with van der Waals surface area (Å²) in [6, 6.07) is 18.0. The average molecular weight is 505 g/mol. The second kappa shape index (κ2) is 12.2. The predicted molar refractivity (Wildman–Crippen MR) is 139 cm³/mol. The Labute approximate surface area is 216 Å². The van der Waals surface area contributed by atoms with Crippen LogP contribution >= 0.6 is 0 Å². The molecule has 9 nitrogen and oxygen atoms in total. The molecule has 1 amide bonds. The lowest BCUT2D eigenvalue weighted by atomic mass is 9.89. The van der Waals surface area contributed by atoms with E-state index in [1.54, 1.807) is 13.3 Å². The van der Waals surface area contributed by atoms with Gasteiger partial charge in [0, 0.05) is 24.7 Å². The Morgan fingerprint density at radius 2 is 1.78 bits per heavy atom. The maximum Gasteiger partial charge on any atom is 0.407 e. The van der Waals surface area contributed by atoms with Crippen LogP contribution in [-0.2, 0) is 16.0 Å². The Morgan fingerprint density at radius 3 is 2.41 bits per heavy atom. The summed E-state index contributed by atoms with van der Waals surface area (Å²) in [6.07, 6.45) is 3.14. The molecule has 2 aromatic carbocycles. The van der Waals surface area contributed by atoms with E-state index in [9.17, 15) is 9.59 Å². The van der Waals surface area contributed by atoms with E-state index in [0.717, 1.165) is 24.1 Å². The van der Waals surface area contributed by atoms with Gasteiger partial charge >= 0.3 is 12.1 Å². The number of nitrogens with zero attached hydrogens (tertiary/aromatic N) is 3. The number of methoxy groups -OCH3 is 2. The smallest absolute Gasteiger partial charge is 0.407 e. The van der Waals surface area contributed by atoms with Gasteiger partial charge in [0.2, 0.25) is 5.95 Å². The third kappa shape index (κ3) is 6.75. The van der Waals surface area contributed by atoms with Crippen LogP contribution in [0, 0.1) is 0 Å². The topological polar surface area (TPSA) is 114 Å². The van der Waals surface area contributed by atoms with Gasteiger partial charge in [-0.05, 0) is 48.4 Å². The fourth-order valence-corrected chi connectivity index (χ4v) is 4.71. The van der Waals surface area contributed by atoms with Crippen molar-refractivity contribution in [1.29, 1.82) is 0 Å². The molecule has 1 fully saturated rings. The number of hydrogen-bond donors (Lipinski definition) is 2. The van der Waals surface area contributed by atoms with E-state index in [1.807, 2.05) is 42.5 Å². The van der Waals surface area contributed by atoms with E-state index in [1.165, 1.54) is 17.6 Å². The van der Waals surface area contributed by atoms with Crippen LogP contribution in [0.2, 0.25) is 0 Å². The Bertz CT molecular complexity index is 1190. The van der Waals surface area contributed by atoms with Crippen LogP contribution < -0.4 is 10.1 Å². The van der Waals surface area contributed by atoms with Crippen LogP contribution in [0.3, 0.4) is 0 Å². The maximum absolute atomic E-state index is 12.2. The van der Waals surface area contributed by atoms with Crippen LogP contribution in [0.25, 0.3) is 0 Å². The zero-order valence-corrected chi connectivity index (χ0v) is 21.1. The Kier molecular flexibility index (Phi) is 8.56. The molecule has 0 spiro atoms. The summed E-state index contributed by atoms with van der Waals surface area (Å²) < 4.78 is 10.5. The monoisotopic (exact) mass is 504 g/mol. The van der Waals surface area contributed by atoms with Gasteiger partial charge in [0.15, 0.2) is 5.75 Å². The summed E-state index contributed by atoms with van der Waals surface area (Å²) in [6.45, 7) is 1.11. The highest BCUT2D eigenvalue weighted by Crippen LogP contribution is 2.32. The SMILES string of the molecule is COC(=O)CC(Cc1ccccc1)c1nc(Nc2ccc(C3CCN(C(=O)O)CC3)cc2)ncc1OC. The van der Waals surface area contributed by atoms with E-state index in [0.29, 0.717) is 42.8 Å². The number of benzene rings is 2. The number of amides is 1. The minimum Gasteiger partial charge on any atom is -0.493 e. The third-order valence-corrected chi connectivity index (χ3v) is 6.76. The number of ether oxygens (including phenoxy) is 2. The maximum atomic E-state index is 12.2. The van der Waals surface area contributed by atoms with Crippen molar-refractivity contribution in [2.75, 3.05) is 32.6 Å². The van der Waals surface area contributed by atoms with Gasteiger partial charge in [-0.3, -0.25) is 4.79 Å². The first kappa shape index (κ1) is 25.9. The van der Waals surface area contributed by atoms with Crippen molar-refractivity contribution in [1.82, 2.24) is 14.9 Å². The Balaban J connectivity index is 1.51. The minimum absolute atomic E-state index is 0.160. The molecule has 4 rings (SSSR count). The van der Waals surface area contributed by atoms with Crippen molar-refractivity contribution < 1.29 is 24.2 Å². The van der Waals surface area contributed by atoms with Gasteiger partial charge in [0.05, 0.1) is 32.5 Å². The number of esters is 1. The zero-order chi connectivity index (χ0) is 26.2. The second-order valence-corrected chi connectivity index (χ2v) is 9.11. The lowest BCUT2D eigenvalue weighted by Crippen LogP contribution is -2.36. The number of carboxylic acid groups (broad SMARTS) is 1. The first-order valence-corrected chi connectivity index (χ1v) is 12.3. The number of hydrogen-bond acceptors (Lipinski definition) is 7. The molecule has 0 bridgehead atoms. The van der Waals surface area contributed by atoms with E-state index in [-0.39, 0.29) is 18.3 Å². The number of carbonyl (C=O) groups excluding carboxylic acids is 1. The minimum atomic E-state index is -0.852. The van der Waals surface area contributed by atoms with E-state index in [2.05, 4.69) is 22.4 Å². The Hall–Kier alpha value is -4.14. The molecule has 0 saturated carbocycles. The van der Waals surface area contributed by atoms with Gasteiger partial charge in [0.1, 0.15) is 0 Å². The molecule has 194 valence electrons. The molecule has 1 aliphatic heterocycles. The van der Waals surface area contributed by atoms with Crippen molar-refractivity contribution in [3.05, 3.63) is 77.6 Å². The molecule has 0 radical (unpaired) electrons. The normalized spacial score (nSPS) is 14.6. The van der Waals surface area contributed by atoms with Crippen molar-refractivity contribution in [2.45, 2.75) is 37.5 Å². The number of carbonyl (C=O) groups is 2. The van der Waals surface area contributed by atoms with E-state index >= 15 is 0 Å². The number of rotatable bonds is 9. The Morgan fingerprint density at radius 1 is 1.08 bits per heavy atom. The molecule has 1 saturated heterocycles. The molecular weight excluding hydrogens is 472 g/mol. The highest BCUT2D eigenvalue weighted by atomic mass is 16.5. The first-order chi connectivity index (χ1) is 18.0. The zero-order valence-electron chi connectivity index (χ0n) is 21.1. The summed E-state index contributed by atoms with van der Waals surface area (Å²) in [5.41, 5.74) is 3.73. The number of likely N-dealkylation sites (tertiary alicyclic amines) is 1. The summed E-state index contributed by atoms with van der Waals surface area (Å²) in [7, 11) is 2.94. The summed E-state index contributed by atoms with van der Waals surface area (Å²) in [5.74, 6) is 0.679. The third-order valence-electron chi connectivity index (χ3n) is 6.76. The lowest BCUT2D eigenvalue weighted by Gasteiger charge is -2.30. The fourth-order valence-electron chi connectivity index (χ4n) is 4.71. The molecule has 9 heteroatoms. The summed E-state index contributed by atoms with van der Waals surface area (Å²) in [4.78, 5) is 34.0. The van der Waals surface area contributed by atoms with Gasteiger partial charge in [-0.15, -0.1) is 0 Å². The molecule has 37 heavy (non-hydrogen) atoms. The molecule has 2 heterocycles. The molecule has 1 aliphatic rings. The van der Waals surface area contributed by atoms with Crippen LogP contribution in [0.15, 0.2) is 60.8 Å². The quantitative estimate of drug-likeness (QED) is 0.393. The summed E-state index contributed by atoms with van der Waals surface area (Å²) in [5, 5.41) is 12.4. The molecule has 2 N–H and O–H groups in total. The second-order valence-electron chi connectivity index (χ2n) is 9.11. The van der Waals surface area contributed by atoms with Crippen molar-refractivity contribution in [2.24, 2.45) is 0 Å². The van der Waals surface area contributed by atoms with Gasteiger partial charge < -0.3 is 24.8 Å². The molecule has 0 aliphatic carbocycles. The van der Waals surface area contributed by atoms with Gasteiger partial charge in [-0.2, -0.15) is 0 Å². The van der Waals surface area contributed by atoms with Crippen LogP contribution in [-0.4, -0.2) is 59.3 Å². The van der Waals surface area contributed by atoms with Crippen molar-refractivity contribution in [3.8, 4) is 5.75 Å². The van der Waals surface area contributed by atoms with Gasteiger partial charge in [-0.25, -0.2) is 14.8 Å². The average Bonchev–Trinajstić information content (AvgIpc) is 2.93. The van der Waals surface area contributed by atoms with E-state index < -0.39 is 6.09 Å². The molecule has 1 aromatic heterocycles. The largest absolute Gasteiger partial charge is 0.493 e. The molecule has 1 atom stereocenters. The first-order valence-electron chi connectivity index (χ1n) is 12.3. The standard InChI is InChI=1S/C28H32N4O5/c1-36-24-18-29-27(31-26(24)22(17-25(33)37-2)16-19-6-4-3-5-7-19)30-23-10-8-20(9-11-23)21-12-14-32(15-13-21)28(34)35/h3-11,18,21-22H,12-17H2,1-2H3,(H,34,35)(H,29,30,31). The highest BCUT2D eigenvalue weighted by molar-refractivity contribution is 5.70. The highest BCUT2D eigenvalue weighted by Gasteiger charge is 2.25. The van der Waals surface area contributed by atoms with Crippen molar-refractivity contribution >= 4 is 23.7 Å². The molecule has 1 unspecified atom stereocenters. The number of piperidine rings is 1. The van der Waals surface area contributed by atoms with Crippen molar-refractivity contribution in [3.63, 3.8) is 0 Å². The van der Waals surface area contributed by atoms with E-state index in [4.69, 9.17) is 19.6 Å². The molecular formula is C28H32N4O5. The van der Waals surface area contributed by atoms with Crippen LogP contribution in [0.4, 0.5) is 16.4 Å².